The van der Waals surface area contributed by atoms with Gasteiger partial charge in [-0.05, 0) is 12.8 Å². The summed E-state index contributed by atoms with van der Waals surface area (Å²) >= 11 is 1.67. The van der Waals surface area contributed by atoms with Crippen LogP contribution in [0.25, 0.3) is 0 Å². The van der Waals surface area contributed by atoms with E-state index in [1.165, 1.54) is 0 Å². The van der Waals surface area contributed by atoms with Crippen LogP contribution in [0.2, 0.25) is 0 Å². The Morgan fingerprint density at radius 1 is 1.50 bits per heavy atom. The number of rotatable bonds is 4. The third-order valence-electron chi connectivity index (χ3n) is 2.36. The zero-order chi connectivity index (χ0) is 9.03. The second kappa shape index (κ2) is 4.01. The molecular formula is C9H15NOS. The number of aromatic nitrogens is 1. The van der Waals surface area contributed by atoms with Crippen molar-refractivity contribution in [3.8, 4) is 0 Å². The molecule has 0 N–H and O–H groups in total. The maximum absolute atomic E-state index is 5.53. The third kappa shape index (κ3) is 1.52. The first-order chi connectivity index (χ1) is 5.79. The number of methoxy groups -OCH3 is 1. The van der Waals surface area contributed by atoms with Crippen molar-refractivity contribution < 1.29 is 4.74 Å². The fourth-order valence-corrected chi connectivity index (χ4v) is 2.34. The molecule has 0 atom stereocenters. The fraction of sp³-hybridized carbons (Fsp3) is 0.667. The normalized spacial score (nSPS) is 11.9. The van der Waals surface area contributed by atoms with Crippen molar-refractivity contribution in [1.82, 2.24) is 4.98 Å². The van der Waals surface area contributed by atoms with E-state index in [0.717, 1.165) is 17.8 Å². The van der Waals surface area contributed by atoms with Gasteiger partial charge in [0.05, 0.1) is 0 Å². The summed E-state index contributed by atoms with van der Waals surface area (Å²) in [4.78, 5) is 4.29. The summed E-state index contributed by atoms with van der Waals surface area (Å²) in [6.45, 7) is 4.27. The number of nitrogens with zero attached hydrogens (tertiary/aromatic N) is 1. The second-order valence-corrected chi connectivity index (χ2v) is 3.64. The lowest BCUT2D eigenvalue weighted by molar-refractivity contribution is -0.0218. The highest BCUT2D eigenvalue weighted by Gasteiger charge is 2.30. The SMILES string of the molecule is CCC(CC)(OC)c1nccs1. The molecule has 0 saturated heterocycles. The molecule has 0 unspecified atom stereocenters. The van der Waals surface area contributed by atoms with Crippen LogP contribution in [-0.4, -0.2) is 12.1 Å². The van der Waals surface area contributed by atoms with Crippen molar-refractivity contribution >= 4 is 11.3 Å². The zero-order valence-corrected chi connectivity index (χ0v) is 8.65. The van der Waals surface area contributed by atoms with Crippen LogP contribution in [-0.2, 0) is 10.3 Å². The molecule has 0 fully saturated rings. The molecule has 1 aromatic rings. The van der Waals surface area contributed by atoms with E-state index in [9.17, 15) is 0 Å². The van der Waals surface area contributed by atoms with Gasteiger partial charge in [-0.1, -0.05) is 13.8 Å². The smallest absolute Gasteiger partial charge is 0.125 e. The van der Waals surface area contributed by atoms with Gasteiger partial charge >= 0.3 is 0 Å². The van der Waals surface area contributed by atoms with Crippen LogP contribution in [0.3, 0.4) is 0 Å². The summed E-state index contributed by atoms with van der Waals surface area (Å²) in [5.74, 6) is 0. The van der Waals surface area contributed by atoms with Crippen LogP contribution >= 0.6 is 11.3 Å². The lowest BCUT2D eigenvalue weighted by Crippen LogP contribution is -2.26. The van der Waals surface area contributed by atoms with Crippen LogP contribution < -0.4 is 0 Å². The van der Waals surface area contributed by atoms with E-state index in [1.807, 2.05) is 11.6 Å². The highest BCUT2D eigenvalue weighted by molar-refractivity contribution is 7.09. The second-order valence-electron chi connectivity index (χ2n) is 2.74. The first kappa shape index (κ1) is 9.68. The molecule has 1 rings (SSSR count). The molecule has 68 valence electrons. The maximum Gasteiger partial charge on any atom is 0.125 e. The number of hydrogen-bond donors (Lipinski definition) is 0. The molecule has 1 aromatic heterocycles. The summed E-state index contributed by atoms with van der Waals surface area (Å²) in [5.41, 5.74) is -0.145. The van der Waals surface area contributed by atoms with Crippen molar-refractivity contribution in [2.45, 2.75) is 32.3 Å². The molecule has 0 aromatic carbocycles. The largest absolute Gasteiger partial charge is 0.371 e. The minimum Gasteiger partial charge on any atom is -0.371 e. The first-order valence-electron chi connectivity index (χ1n) is 4.24. The van der Waals surface area contributed by atoms with Crippen molar-refractivity contribution in [1.29, 1.82) is 0 Å². The Kier molecular flexibility index (Phi) is 3.23. The third-order valence-corrected chi connectivity index (χ3v) is 3.31. The Hall–Kier alpha value is -0.410. The predicted molar refractivity (Wildman–Crippen MR) is 51.4 cm³/mol. The molecule has 2 nitrogen and oxygen atoms in total. The summed E-state index contributed by atoms with van der Waals surface area (Å²) < 4.78 is 5.53. The van der Waals surface area contributed by atoms with Gasteiger partial charge in [-0.25, -0.2) is 4.98 Å². The van der Waals surface area contributed by atoms with E-state index in [0.29, 0.717) is 0 Å². The topological polar surface area (TPSA) is 22.1 Å². The highest BCUT2D eigenvalue weighted by Crippen LogP contribution is 2.33. The summed E-state index contributed by atoms with van der Waals surface area (Å²) in [6, 6.07) is 0. The summed E-state index contributed by atoms with van der Waals surface area (Å²) in [6.07, 6.45) is 3.79. The van der Waals surface area contributed by atoms with E-state index < -0.39 is 0 Å². The van der Waals surface area contributed by atoms with Gasteiger partial charge in [0.1, 0.15) is 10.6 Å². The molecule has 0 radical (unpaired) electrons. The van der Waals surface area contributed by atoms with Crippen LogP contribution in [0.5, 0.6) is 0 Å². The van der Waals surface area contributed by atoms with Gasteiger partial charge in [0.15, 0.2) is 0 Å². The number of hydrogen-bond acceptors (Lipinski definition) is 3. The van der Waals surface area contributed by atoms with E-state index in [-0.39, 0.29) is 5.60 Å². The van der Waals surface area contributed by atoms with Crippen LogP contribution in [0.4, 0.5) is 0 Å². The van der Waals surface area contributed by atoms with Crippen molar-refractivity contribution in [2.75, 3.05) is 7.11 Å². The Morgan fingerprint density at radius 3 is 2.50 bits per heavy atom. The Balaban J connectivity index is 2.93. The molecule has 0 bridgehead atoms. The Morgan fingerprint density at radius 2 is 2.17 bits per heavy atom. The molecule has 0 saturated carbocycles. The minimum atomic E-state index is -0.145. The Bertz CT molecular complexity index is 208. The standard InChI is InChI=1S/C9H15NOS/c1-4-9(5-2,11-3)8-10-6-7-12-8/h6-7H,4-5H2,1-3H3. The molecule has 0 amide bonds. The quantitative estimate of drug-likeness (QED) is 0.719. The van der Waals surface area contributed by atoms with Gasteiger partial charge in [-0.2, -0.15) is 0 Å². The lowest BCUT2D eigenvalue weighted by atomic mass is 9.98. The average molecular weight is 185 g/mol. The van der Waals surface area contributed by atoms with Crippen molar-refractivity contribution in [2.24, 2.45) is 0 Å². The van der Waals surface area contributed by atoms with Crippen LogP contribution in [0.1, 0.15) is 31.7 Å². The summed E-state index contributed by atoms with van der Waals surface area (Å²) in [7, 11) is 1.76. The molecule has 3 heteroatoms. The van der Waals surface area contributed by atoms with E-state index in [4.69, 9.17) is 4.74 Å². The van der Waals surface area contributed by atoms with Crippen molar-refractivity contribution in [3.05, 3.63) is 16.6 Å². The van der Waals surface area contributed by atoms with Gasteiger partial charge in [-0.15, -0.1) is 11.3 Å². The maximum atomic E-state index is 5.53. The number of ether oxygens (including phenoxy) is 1. The average Bonchev–Trinajstić information content (AvgIpc) is 2.62. The van der Waals surface area contributed by atoms with Crippen LogP contribution in [0.15, 0.2) is 11.6 Å². The molecule has 0 spiro atoms. The molecule has 12 heavy (non-hydrogen) atoms. The molecule has 1 heterocycles. The fourth-order valence-electron chi connectivity index (χ4n) is 1.38. The molecular weight excluding hydrogens is 170 g/mol. The van der Waals surface area contributed by atoms with E-state index in [2.05, 4.69) is 18.8 Å². The van der Waals surface area contributed by atoms with Crippen molar-refractivity contribution in [3.63, 3.8) is 0 Å². The highest BCUT2D eigenvalue weighted by atomic mass is 32.1. The van der Waals surface area contributed by atoms with Gasteiger partial charge in [0.25, 0.3) is 0 Å². The monoisotopic (exact) mass is 185 g/mol. The number of thiazole rings is 1. The minimum absolute atomic E-state index is 0.145. The van der Waals surface area contributed by atoms with Gasteiger partial charge in [0.2, 0.25) is 0 Å². The molecule has 0 aliphatic heterocycles. The first-order valence-corrected chi connectivity index (χ1v) is 5.12. The summed E-state index contributed by atoms with van der Waals surface area (Å²) in [5, 5.41) is 3.09. The lowest BCUT2D eigenvalue weighted by Gasteiger charge is -2.27. The van der Waals surface area contributed by atoms with Gasteiger partial charge < -0.3 is 4.74 Å². The van der Waals surface area contributed by atoms with E-state index >= 15 is 0 Å². The van der Waals surface area contributed by atoms with E-state index in [1.54, 1.807) is 18.4 Å². The Labute approximate surface area is 77.6 Å². The zero-order valence-electron chi connectivity index (χ0n) is 7.83. The predicted octanol–water partition coefficient (Wildman–Crippen LogP) is 2.80. The van der Waals surface area contributed by atoms with Gasteiger partial charge in [0, 0.05) is 18.7 Å². The molecule has 0 aliphatic rings. The van der Waals surface area contributed by atoms with Gasteiger partial charge in [-0.3, -0.25) is 0 Å². The molecule has 0 aliphatic carbocycles. The van der Waals surface area contributed by atoms with Crippen LogP contribution in [0, 0.1) is 0 Å².